The predicted molar refractivity (Wildman–Crippen MR) is 69.7 cm³/mol. The van der Waals surface area contributed by atoms with E-state index in [0.29, 0.717) is 5.78 Å². The van der Waals surface area contributed by atoms with E-state index in [1.54, 1.807) is 7.11 Å². The SMILES string of the molecule is COc1ccc(C=S2CCC(=O)CC2)cc1. The Morgan fingerprint density at radius 1 is 1.19 bits per heavy atom. The van der Waals surface area contributed by atoms with E-state index in [-0.39, 0.29) is 10.5 Å². The summed E-state index contributed by atoms with van der Waals surface area (Å²) in [5.74, 6) is 3.38. The minimum atomic E-state index is 0.288. The summed E-state index contributed by atoms with van der Waals surface area (Å²) in [6.45, 7) is 0. The average Bonchev–Trinajstić information content (AvgIpc) is 2.33. The molecule has 0 radical (unpaired) electrons. The lowest BCUT2D eigenvalue weighted by Gasteiger charge is -2.14. The van der Waals surface area contributed by atoms with E-state index in [9.17, 15) is 4.79 Å². The third-order valence-corrected chi connectivity index (χ3v) is 4.77. The summed E-state index contributed by atoms with van der Waals surface area (Å²) in [5, 5.41) is 2.30. The van der Waals surface area contributed by atoms with Gasteiger partial charge in [-0.2, -0.15) is 10.5 Å². The number of methoxy groups -OCH3 is 1. The Hall–Kier alpha value is -1.09. The second-order valence-corrected chi connectivity index (χ2v) is 6.00. The molecule has 86 valence electrons. The fraction of sp³-hybridized carbons (Fsp3) is 0.385. The van der Waals surface area contributed by atoms with Gasteiger partial charge in [-0.3, -0.25) is 4.79 Å². The molecule has 0 amide bonds. The van der Waals surface area contributed by atoms with Crippen LogP contribution in [-0.4, -0.2) is 29.8 Å². The van der Waals surface area contributed by atoms with Gasteiger partial charge in [0.15, 0.2) is 0 Å². The largest absolute Gasteiger partial charge is 0.497 e. The van der Waals surface area contributed by atoms with Gasteiger partial charge in [-0.05, 0) is 34.6 Å². The lowest BCUT2D eigenvalue weighted by molar-refractivity contribution is -0.118. The molecule has 0 spiro atoms. The number of benzene rings is 1. The van der Waals surface area contributed by atoms with Crippen LogP contribution in [0.1, 0.15) is 18.4 Å². The third-order valence-electron chi connectivity index (χ3n) is 2.70. The van der Waals surface area contributed by atoms with Crippen LogP contribution in [0.2, 0.25) is 0 Å². The number of carbonyl (C=O) groups excluding carboxylic acids is 1. The smallest absolute Gasteiger partial charge is 0.134 e. The van der Waals surface area contributed by atoms with Gasteiger partial charge in [0.2, 0.25) is 0 Å². The number of hydrogen-bond acceptors (Lipinski definition) is 2. The fourth-order valence-corrected chi connectivity index (χ4v) is 3.67. The Morgan fingerprint density at radius 3 is 2.38 bits per heavy atom. The average molecular weight is 236 g/mol. The zero-order chi connectivity index (χ0) is 11.4. The van der Waals surface area contributed by atoms with Crippen molar-refractivity contribution in [3.8, 4) is 5.75 Å². The van der Waals surface area contributed by atoms with E-state index in [1.165, 1.54) is 5.56 Å². The van der Waals surface area contributed by atoms with Crippen molar-refractivity contribution in [2.45, 2.75) is 12.8 Å². The van der Waals surface area contributed by atoms with Crippen LogP contribution in [-0.2, 0) is 4.79 Å². The lowest BCUT2D eigenvalue weighted by atomic mass is 10.2. The van der Waals surface area contributed by atoms with Crippen LogP contribution in [0.15, 0.2) is 24.3 Å². The van der Waals surface area contributed by atoms with Crippen LogP contribution >= 0.6 is 10.5 Å². The summed E-state index contributed by atoms with van der Waals surface area (Å²) in [5.41, 5.74) is 1.23. The van der Waals surface area contributed by atoms with E-state index in [0.717, 1.165) is 30.1 Å². The number of hydrogen-bond donors (Lipinski definition) is 0. The summed E-state index contributed by atoms with van der Waals surface area (Å²) in [7, 11) is 1.96. The highest BCUT2D eigenvalue weighted by Crippen LogP contribution is 2.23. The maximum atomic E-state index is 11.1. The molecule has 0 atom stereocenters. The highest BCUT2D eigenvalue weighted by Gasteiger charge is 2.11. The molecule has 0 saturated carbocycles. The molecule has 1 fully saturated rings. The van der Waals surface area contributed by atoms with Crippen LogP contribution in [0.4, 0.5) is 0 Å². The molecular weight excluding hydrogens is 220 g/mol. The molecule has 3 heteroatoms. The van der Waals surface area contributed by atoms with E-state index in [2.05, 4.69) is 17.5 Å². The Morgan fingerprint density at radius 2 is 1.81 bits per heavy atom. The van der Waals surface area contributed by atoms with Crippen LogP contribution in [0.25, 0.3) is 0 Å². The normalized spacial score (nSPS) is 17.2. The molecule has 0 bridgehead atoms. The van der Waals surface area contributed by atoms with Crippen LogP contribution < -0.4 is 4.74 Å². The number of rotatable bonds is 2. The Labute approximate surface area is 98.6 Å². The van der Waals surface area contributed by atoms with Crippen LogP contribution in [0.3, 0.4) is 0 Å². The van der Waals surface area contributed by atoms with E-state index in [1.807, 2.05) is 12.1 Å². The van der Waals surface area contributed by atoms with Gasteiger partial charge in [-0.15, -0.1) is 0 Å². The van der Waals surface area contributed by atoms with E-state index < -0.39 is 0 Å². The quantitative estimate of drug-likeness (QED) is 0.737. The summed E-state index contributed by atoms with van der Waals surface area (Å²) < 4.78 is 5.12. The van der Waals surface area contributed by atoms with Crippen molar-refractivity contribution in [1.82, 2.24) is 0 Å². The highest BCUT2D eigenvalue weighted by atomic mass is 32.2. The maximum Gasteiger partial charge on any atom is 0.134 e. The highest BCUT2D eigenvalue weighted by molar-refractivity contribution is 8.15. The van der Waals surface area contributed by atoms with Crippen molar-refractivity contribution in [3.63, 3.8) is 0 Å². The first-order chi connectivity index (χ1) is 7.78. The molecule has 1 heterocycles. The van der Waals surface area contributed by atoms with Crippen molar-refractivity contribution in [2.24, 2.45) is 0 Å². The molecule has 0 aliphatic carbocycles. The fourth-order valence-electron chi connectivity index (χ4n) is 1.71. The summed E-state index contributed by atoms with van der Waals surface area (Å²) in [6, 6.07) is 8.10. The number of Topliss-reactive ketones (excluding diaryl/α,β-unsaturated/α-hetero) is 1. The summed E-state index contributed by atoms with van der Waals surface area (Å²) in [6.07, 6.45) is 1.52. The van der Waals surface area contributed by atoms with Crippen molar-refractivity contribution < 1.29 is 9.53 Å². The lowest BCUT2D eigenvalue weighted by Crippen LogP contribution is -2.10. The molecule has 1 saturated heterocycles. The second kappa shape index (κ2) is 5.30. The zero-order valence-corrected chi connectivity index (χ0v) is 10.3. The first-order valence-electron chi connectivity index (χ1n) is 5.45. The molecule has 2 nitrogen and oxygen atoms in total. The van der Waals surface area contributed by atoms with Crippen molar-refractivity contribution in [3.05, 3.63) is 29.8 Å². The second-order valence-electron chi connectivity index (χ2n) is 3.88. The maximum absolute atomic E-state index is 11.1. The standard InChI is InChI=1S/C13H16O2S/c1-15-13-4-2-11(3-5-13)10-16-8-6-12(14)7-9-16/h2-5,10H,6-9H2,1H3. The van der Waals surface area contributed by atoms with Gasteiger partial charge in [-0.25, -0.2) is 0 Å². The molecule has 2 rings (SSSR count). The van der Waals surface area contributed by atoms with Gasteiger partial charge in [0.05, 0.1) is 7.11 Å². The van der Waals surface area contributed by atoms with Crippen molar-refractivity contribution in [2.75, 3.05) is 18.6 Å². The number of ether oxygens (including phenoxy) is 1. The molecule has 1 aliphatic heterocycles. The Kier molecular flexibility index (Phi) is 3.78. The van der Waals surface area contributed by atoms with Gasteiger partial charge in [-0.1, -0.05) is 12.1 Å². The monoisotopic (exact) mass is 236 g/mol. The van der Waals surface area contributed by atoms with Crippen molar-refractivity contribution >= 4 is 21.6 Å². The van der Waals surface area contributed by atoms with Gasteiger partial charge in [0.25, 0.3) is 0 Å². The van der Waals surface area contributed by atoms with Crippen LogP contribution in [0.5, 0.6) is 5.75 Å². The summed E-state index contributed by atoms with van der Waals surface area (Å²) >= 11 is 0. The molecule has 1 aromatic carbocycles. The topological polar surface area (TPSA) is 26.3 Å². The molecule has 1 aliphatic rings. The minimum absolute atomic E-state index is 0.288. The zero-order valence-electron chi connectivity index (χ0n) is 9.44. The molecule has 1 aromatic rings. The number of ketones is 1. The first-order valence-corrected chi connectivity index (χ1v) is 7.07. The minimum Gasteiger partial charge on any atom is -0.497 e. The molecule has 0 aromatic heterocycles. The predicted octanol–water partition coefficient (Wildman–Crippen LogP) is 2.48. The number of carbonyl (C=O) groups is 1. The molecule has 16 heavy (non-hydrogen) atoms. The van der Waals surface area contributed by atoms with Crippen molar-refractivity contribution in [1.29, 1.82) is 0 Å². The molecule has 0 unspecified atom stereocenters. The molecular formula is C13H16O2S. The third kappa shape index (κ3) is 2.95. The summed E-state index contributed by atoms with van der Waals surface area (Å²) in [4.78, 5) is 11.1. The van der Waals surface area contributed by atoms with Gasteiger partial charge >= 0.3 is 0 Å². The Balaban J connectivity index is 2.07. The van der Waals surface area contributed by atoms with Gasteiger partial charge in [0.1, 0.15) is 11.5 Å². The van der Waals surface area contributed by atoms with Gasteiger partial charge in [0, 0.05) is 12.8 Å². The van der Waals surface area contributed by atoms with Crippen LogP contribution in [0, 0.1) is 0 Å². The van der Waals surface area contributed by atoms with E-state index in [4.69, 9.17) is 4.74 Å². The van der Waals surface area contributed by atoms with Gasteiger partial charge < -0.3 is 4.74 Å². The molecule has 0 N–H and O–H groups in total. The van der Waals surface area contributed by atoms with E-state index >= 15 is 0 Å². The Bertz CT molecular complexity index is 394. The first kappa shape index (κ1) is 11.4.